The molecule has 1 heterocycles. The highest BCUT2D eigenvalue weighted by atomic mass is 32.2. The molecule has 3 aromatic rings. The predicted octanol–water partition coefficient (Wildman–Crippen LogP) is 6.23. The number of piperidine rings is 1. The summed E-state index contributed by atoms with van der Waals surface area (Å²) in [6.07, 6.45) is 1.60. The summed E-state index contributed by atoms with van der Waals surface area (Å²) >= 11 is 0. The van der Waals surface area contributed by atoms with E-state index in [1.54, 1.807) is 4.90 Å². The number of halogens is 4. The number of ether oxygens (including phenoxy) is 1. The van der Waals surface area contributed by atoms with Gasteiger partial charge >= 0.3 is 21.7 Å². The highest BCUT2D eigenvalue weighted by Crippen LogP contribution is 2.35. The number of hydrogen-bond acceptors (Lipinski definition) is 6. The van der Waals surface area contributed by atoms with Crippen molar-refractivity contribution in [1.29, 1.82) is 0 Å². The van der Waals surface area contributed by atoms with E-state index in [1.807, 2.05) is 37.3 Å². The van der Waals surface area contributed by atoms with Crippen LogP contribution in [0.5, 0.6) is 5.75 Å². The highest BCUT2D eigenvalue weighted by molar-refractivity contribution is 7.88. The van der Waals surface area contributed by atoms with Crippen LogP contribution in [0.2, 0.25) is 0 Å². The summed E-state index contributed by atoms with van der Waals surface area (Å²) in [6, 6.07) is 15.6. The van der Waals surface area contributed by atoms with Crippen molar-refractivity contribution >= 4 is 32.9 Å². The molecule has 1 fully saturated rings. The van der Waals surface area contributed by atoms with Gasteiger partial charge in [-0.2, -0.15) is 21.6 Å². The van der Waals surface area contributed by atoms with E-state index in [2.05, 4.69) is 9.50 Å². The van der Waals surface area contributed by atoms with Crippen LogP contribution in [0, 0.1) is 5.82 Å². The SMILES string of the molecule is C[C@@]1(NC(=O)CCCCc2c(F)ccc3cccc(OS(=O)(=O)C(F)(F)F)c23)CCCN(C(=O)OCc2ccccc2)C1. The number of nitrogens with zero attached hydrogens (tertiary/aromatic N) is 1. The van der Waals surface area contributed by atoms with Crippen molar-refractivity contribution in [2.45, 2.75) is 63.1 Å². The number of amides is 2. The molecule has 43 heavy (non-hydrogen) atoms. The zero-order valence-electron chi connectivity index (χ0n) is 23.5. The predicted molar refractivity (Wildman–Crippen MR) is 151 cm³/mol. The van der Waals surface area contributed by atoms with E-state index in [0.717, 1.165) is 17.7 Å². The standard InChI is InChI=1S/C30H32F4N2O6S/c1-29(17-8-18-36(20-29)28(38)41-19-21-9-3-2-4-10-21)35-26(37)14-6-5-12-23-24(31)16-15-22-11-7-13-25(27(22)23)42-43(39,40)30(32,33)34/h2-4,7,9-11,13,15-16H,5-6,8,12,14,17-20H2,1H3,(H,35,37)/t29-/m1/s1. The summed E-state index contributed by atoms with van der Waals surface area (Å²) in [6.45, 7) is 2.77. The molecule has 1 atom stereocenters. The highest BCUT2D eigenvalue weighted by Gasteiger charge is 2.48. The van der Waals surface area contributed by atoms with Crippen molar-refractivity contribution in [1.82, 2.24) is 10.2 Å². The number of alkyl halides is 3. The Kier molecular flexibility index (Phi) is 9.83. The van der Waals surface area contributed by atoms with Crippen LogP contribution in [0.15, 0.2) is 60.7 Å². The molecule has 0 saturated carbocycles. The molecule has 1 N–H and O–H groups in total. The zero-order valence-corrected chi connectivity index (χ0v) is 24.3. The minimum absolute atomic E-state index is 0.00483. The molecule has 0 radical (unpaired) electrons. The molecule has 1 aliphatic rings. The lowest BCUT2D eigenvalue weighted by molar-refractivity contribution is -0.123. The third-order valence-electron chi connectivity index (χ3n) is 7.22. The van der Waals surface area contributed by atoms with Gasteiger partial charge in [0.05, 0.1) is 5.54 Å². The van der Waals surface area contributed by atoms with Crippen LogP contribution >= 0.6 is 0 Å². The molecular formula is C30H32F4N2O6S. The Balaban J connectivity index is 1.33. The monoisotopic (exact) mass is 624 g/mol. The fourth-order valence-electron chi connectivity index (χ4n) is 5.17. The van der Waals surface area contributed by atoms with Gasteiger partial charge in [0.2, 0.25) is 5.91 Å². The fraction of sp³-hybridized carbons (Fsp3) is 0.400. The van der Waals surface area contributed by atoms with Gasteiger partial charge in [-0.3, -0.25) is 4.79 Å². The summed E-state index contributed by atoms with van der Waals surface area (Å²) < 4.78 is 86.6. The molecule has 8 nitrogen and oxygen atoms in total. The Bertz CT molecular complexity index is 1570. The first kappa shape index (κ1) is 32.1. The van der Waals surface area contributed by atoms with Gasteiger partial charge in [-0.25, -0.2) is 9.18 Å². The summed E-state index contributed by atoms with van der Waals surface area (Å²) in [7, 11) is -5.96. The van der Waals surface area contributed by atoms with Crippen molar-refractivity contribution < 1.29 is 44.5 Å². The van der Waals surface area contributed by atoms with Gasteiger partial charge in [-0.1, -0.05) is 48.5 Å². The maximum atomic E-state index is 14.8. The number of fused-ring (bicyclic) bond motifs is 1. The van der Waals surface area contributed by atoms with Crippen LogP contribution in [0.4, 0.5) is 22.4 Å². The summed E-state index contributed by atoms with van der Waals surface area (Å²) in [4.78, 5) is 27.0. The summed E-state index contributed by atoms with van der Waals surface area (Å²) in [5, 5.41) is 3.22. The van der Waals surface area contributed by atoms with E-state index in [-0.39, 0.29) is 42.9 Å². The number of carbonyl (C=O) groups is 2. The maximum Gasteiger partial charge on any atom is 0.534 e. The van der Waals surface area contributed by atoms with Crippen LogP contribution in [0.3, 0.4) is 0 Å². The topological polar surface area (TPSA) is 102 Å². The van der Waals surface area contributed by atoms with Gasteiger partial charge < -0.3 is 19.1 Å². The van der Waals surface area contributed by atoms with Gasteiger partial charge in [-0.15, -0.1) is 0 Å². The minimum atomic E-state index is -5.96. The minimum Gasteiger partial charge on any atom is -0.445 e. The van der Waals surface area contributed by atoms with Crippen LogP contribution < -0.4 is 9.50 Å². The number of hydrogen-bond donors (Lipinski definition) is 1. The second kappa shape index (κ2) is 13.2. The number of nitrogens with one attached hydrogen (secondary N) is 1. The van der Waals surface area contributed by atoms with Crippen LogP contribution in [-0.2, 0) is 32.7 Å². The zero-order chi connectivity index (χ0) is 31.3. The smallest absolute Gasteiger partial charge is 0.445 e. The van der Waals surface area contributed by atoms with Gasteiger partial charge in [0, 0.05) is 24.9 Å². The number of carbonyl (C=O) groups excluding carboxylic acids is 2. The largest absolute Gasteiger partial charge is 0.534 e. The number of aryl methyl sites for hydroxylation is 1. The van der Waals surface area contributed by atoms with Crippen molar-refractivity contribution in [2.75, 3.05) is 13.1 Å². The van der Waals surface area contributed by atoms with E-state index in [1.165, 1.54) is 18.2 Å². The van der Waals surface area contributed by atoms with Crippen molar-refractivity contribution in [3.63, 3.8) is 0 Å². The normalized spacial score (nSPS) is 17.5. The van der Waals surface area contributed by atoms with Crippen molar-refractivity contribution in [2.24, 2.45) is 0 Å². The Morgan fingerprint density at radius 3 is 2.49 bits per heavy atom. The molecule has 0 aromatic heterocycles. The Morgan fingerprint density at radius 1 is 1.02 bits per heavy atom. The number of unbranched alkanes of at least 4 members (excludes halogenated alkanes) is 1. The number of benzene rings is 3. The molecule has 0 spiro atoms. The number of rotatable bonds is 10. The van der Waals surface area contributed by atoms with E-state index in [4.69, 9.17) is 4.74 Å². The third kappa shape index (κ3) is 8.15. The first-order chi connectivity index (χ1) is 20.3. The Labute approximate surface area is 247 Å². The lowest BCUT2D eigenvalue weighted by Gasteiger charge is -2.40. The quantitative estimate of drug-likeness (QED) is 0.124. The van der Waals surface area contributed by atoms with Gasteiger partial charge in [0.25, 0.3) is 0 Å². The molecule has 0 aliphatic carbocycles. The van der Waals surface area contributed by atoms with Gasteiger partial charge in [-0.05, 0) is 67.7 Å². The molecule has 13 heteroatoms. The lowest BCUT2D eigenvalue weighted by atomic mass is 9.91. The molecule has 2 amide bonds. The Morgan fingerprint density at radius 2 is 1.77 bits per heavy atom. The summed E-state index contributed by atoms with van der Waals surface area (Å²) in [5.41, 5.74) is -5.46. The second-order valence-electron chi connectivity index (χ2n) is 10.7. The Hall–Kier alpha value is -3.87. The van der Waals surface area contributed by atoms with E-state index < -0.39 is 38.8 Å². The molecule has 1 saturated heterocycles. The fourth-order valence-corrected chi connectivity index (χ4v) is 5.64. The third-order valence-corrected chi connectivity index (χ3v) is 8.19. The average molecular weight is 625 g/mol. The molecular weight excluding hydrogens is 592 g/mol. The summed E-state index contributed by atoms with van der Waals surface area (Å²) in [5.74, 6) is -1.62. The molecule has 4 rings (SSSR count). The molecule has 232 valence electrons. The van der Waals surface area contributed by atoms with Crippen LogP contribution in [-0.4, -0.2) is 49.5 Å². The molecule has 0 bridgehead atoms. The first-order valence-corrected chi connectivity index (χ1v) is 15.2. The molecule has 0 unspecified atom stereocenters. The van der Waals surface area contributed by atoms with Gasteiger partial charge in [0.15, 0.2) is 5.75 Å². The van der Waals surface area contributed by atoms with E-state index >= 15 is 0 Å². The van der Waals surface area contributed by atoms with E-state index in [0.29, 0.717) is 37.6 Å². The van der Waals surface area contributed by atoms with Crippen LogP contribution in [0.25, 0.3) is 10.8 Å². The second-order valence-corrected chi connectivity index (χ2v) is 12.3. The van der Waals surface area contributed by atoms with E-state index in [9.17, 15) is 35.6 Å². The van der Waals surface area contributed by atoms with Crippen molar-refractivity contribution in [3.05, 3.63) is 77.6 Å². The lowest BCUT2D eigenvalue weighted by Crippen LogP contribution is -2.58. The molecule has 1 aliphatic heterocycles. The maximum absolute atomic E-state index is 14.8. The van der Waals surface area contributed by atoms with Gasteiger partial charge in [0.1, 0.15) is 12.4 Å². The molecule has 3 aromatic carbocycles. The average Bonchev–Trinajstić information content (AvgIpc) is 2.94. The first-order valence-electron chi connectivity index (χ1n) is 13.8. The number of likely N-dealkylation sites (tertiary alicyclic amines) is 1. The van der Waals surface area contributed by atoms with Crippen molar-refractivity contribution in [3.8, 4) is 5.75 Å². The van der Waals surface area contributed by atoms with Crippen LogP contribution in [0.1, 0.15) is 50.2 Å².